The Bertz CT molecular complexity index is 486. The number of hydrogen-bond acceptors (Lipinski definition) is 1. The summed E-state index contributed by atoms with van der Waals surface area (Å²) in [6.45, 7) is 6.67. The third-order valence-corrected chi connectivity index (χ3v) is 4.18. The van der Waals surface area contributed by atoms with E-state index in [0.29, 0.717) is 0 Å². The van der Waals surface area contributed by atoms with Crippen molar-refractivity contribution in [2.75, 3.05) is 18.0 Å². The van der Waals surface area contributed by atoms with Crippen LogP contribution in [-0.2, 0) is 0 Å². The van der Waals surface area contributed by atoms with Crippen LogP contribution in [0.3, 0.4) is 0 Å². The van der Waals surface area contributed by atoms with Crippen LogP contribution >= 0.6 is 0 Å². The minimum absolute atomic E-state index is 0.877. The van der Waals surface area contributed by atoms with E-state index in [1.165, 1.54) is 57.1 Å². The maximum Gasteiger partial charge on any atom is 0.0391 e. The van der Waals surface area contributed by atoms with Gasteiger partial charge in [-0.1, -0.05) is 64.2 Å². The fourth-order valence-corrected chi connectivity index (χ4v) is 2.79. The van der Waals surface area contributed by atoms with Crippen molar-refractivity contribution in [3.63, 3.8) is 0 Å². The summed E-state index contributed by atoms with van der Waals surface area (Å²) in [7, 11) is 0. The highest BCUT2D eigenvalue weighted by Gasteiger charge is 2.08. The number of unbranched alkanes of at least 4 members (excludes halogenated alkanes) is 6. The second-order valence-corrected chi connectivity index (χ2v) is 6.17. The lowest BCUT2D eigenvalue weighted by Crippen LogP contribution is -2.26. The molecule has 0 unspecified atom stereocenters. The first kappa shape index (κ1) is 19.2. The summed E-state index contributed by atoms with van der Waals surface area (Å²) in [5, 5.41) is 0. The molecule has 0 fully saturated rings. The zero-order valence-corrected chi connectivity index (χ0v) is 14.9. The molecule has 1 rings (SSSR count). The molecule has 0 heterocycles. The molecule has 23 heavy (non-hydrogen) atoms. The fraction of sp³-hybridized carbons (Fsp3) is 0.545. The van der Waals surface area contributed by atoms with Gasteiger partial charge in [0.1, 0.15) is 0 Å². The van der Waals surface area contributed by atoms with Gasteiger partial charge in [-0.3, -0.25) is 0 Å². The number of rotatable bonds is 11. The van der Waals surface area contributed by atoms with Crippen LogP contribution in [0.25, 0.3) is 0 Å². The molecule has 0 atom stereocenters. The smallest absolute Gasteiger partial charge is 0.0391 e. The molecule has 0 radical (unpaired) electrons. The highest BCUT2D eigenvalue weighted by molar-refractivity contribution is 5.57. The molecule has 1 nitrogen and oxygen atoms in total. The van der Waals surface area contributed by atoms with Crippen LogP contribution < -0.4 is 4.90 Å². The van der Waals surface area contributed by atoms with Crippen LogP contribution in [0.2, 0.25) is 0 Å². The molecule has 1 aromatic rings. The van der Waals surface area contributed by atoms with Crippen molar-refractivity contribution >= 4 is 5.69 Å². The molecule has 0 saturated heterocycles. The molecule has 0 aliphatic heterocycles. The van der Waals surface area contributed by atoms with Crippen molar-refractivity contribution in [2.45, 2.75) is 65.2 Å². The monoisotopic (exact) mass is 309 g/mol. The number of benzene rings is 1. The molecule has 0 aliphatic rings. The summed E-state index contributed by atoms with van der Waals surface area (Å²) < 4.78 is 0. The van der Waals surface area contributed by atoms with Crippen LogP contribution in [0, 0.1) is 24.7 Å². The number of nitrogens with zero attached hydrogens (tertiary/aromatic N) is 1. The van der Waals surface area contributed by atoms with Gasteiger partial charge in [0.2, 0.25) is 0 Å². The third-order valence-electron chi connectivity index (χ3n) is 4.18. The van der Waals surface area contributed by atoms with E-state index in [2.05, 4.69) is 42.7 Å². The maximum absolute atomic E-state index is 5.58. The van der Waals surface area contributed by atoms with Crippen LogP contribution in [0.15, 0.2) is 18.2 Å². The second-order valence-electron chi connectivity index (χ2n) is 6.17. The zero-order valence-electron chi connectivity index (χ0n) is 14.9. The Balaban J connectivity index is 2.80. The van der Waals surface area contributed by atoms with Crippen LogP contribution in [0.1, 0.15) is 76.3 Å². The standard InChI is InChI=1S/C22H31N/c1-5-9-11-13-15-23(16-14-12-10-6-2)22-18-20(7-3)17-21(8-4)19-22/h3-4,17-19H,5-6,9-16H2,1-2H3. The summed E-state index contributed by atoms with van der Waals surface area (Å²) >= 11 is 0. The molecule has 0 spiro atoms. The molecule has 1 heteroatoms. The lowest BCUT2D eigenvalue weighted by molar-refractivity contribution is 0.609. The number of hydrogen-bond donors (Lipinski definition) is 0. The topological polar surface area (TPSA) is 3.24 Å². The summed E-state index contributed by atoms with van der Waals surface area (Å²) in [5.74, 6) is 5.46. The lowest BCUT2D eigenvalue weighted by Gasteiger charge is -2.25. The summed E-state index contributed by atoms with van der Waals surface area (Å²) in [4.78, 5) is 2.47. The Morgan fingerprint density at radius 3 is 1.61 bits per heavy atom. The first-order valence-electron chi connectivity index (χ1n) is 9.08. The molecule has 0 N–H and O–H groups in total. The Morgan fingerprint density at radius 1 is 0.739 bits per heavy atom. The van der Waals surface area contributed by atoms with Crippen LogP contribution in [0.4, 0.5) is 5.69 Å². The molecule has 0 bridgehead atoms. The Hall–Kier alpha value is -1.86. The van der Waals surface area contributed by atoms with Gasteiger partial charge in [0.05, 0.1) is 0 Å². The predicted molar refractivity (Wildman–Crippen MR) is 103 cm³/mol. The van der Waals surface area contributed by atoms with Crippen molar-refractivity contribution in [1.82, 2.24) is 0 Å². The first-order valence-corrected chi connectivity index (χ1v) is 9.08. The van der Waals surface area contributed by atoms with Crippen molar-refractivity contribution in [3.05, 3.63) is 29.3 Å². The highest BCUT2D eigenvalue weighted by atomic mass is 15.1. The fourth-order valence-electron chi connectivity index (χ4n) is 2.79. The van der Waals surface area contributed by atoms with Gasteiger partial charge in [0.25, 0.3) is 0 Å². The molecular formula is C22H31N. The van der Waals surface area contributed by atoms with Gasteiger partial charge in [-0.05, 0) is 31.0 Å². The van der Waals surface area contributed by atoms with Crippen molar-refractivity contribution in [3.8, 4) is 24.7 Å². The Morgan fingerprint density at radius 2 is 1.22 bits per heavy atom. The van der Waals surface area contributed by atoms with E-state index >= 15 is 0 Å². The van der Waals surface area contributed by atoms with E-state index in [1.807, 2.05) is 6.07 Å². The quantitative estimate of drug-likeness (QED) is 0.379. The minimum Gasteiger partial charge on any atom is -0.371 e. The second kappa shape index (κ2) is 11.7. The van der Waals surface area contributed by atoms with Gasteiger partial charge >= 0.3 is 0 Å². The molecule has 0 aromatic heterocycles. The van der Waals surface area contributed by atoms with E-state index in [9.17, 15) is 0 Å². The predicted octanol–water partition coefficient (Wildman–Crippen LogP) is 5.62. The summed E-state index contributed by atoms with van der Waals surface area (Å²) in [5.41, 5.74) is 2.94. The SMILES string of the molecule is C#Cc1cc(C#C)cc(N(CCCCCC)CCCCCC)c1. The number of terminal acetylenes is 2. The van der Waals surface area contributed by atoms with E-state index in [1.54, 1.807) is 0 Å². The van der Waals surface area contributed by atoms with Crippen LogP contribution in [0.5, 0.6) is 0 Å². The molecule has 1 aromatic carbocycles. The van der Waals surface area contributed by atoms with Crippen molar-refractivity contribution in [1.29, 1.82) is 0 Å². The Kier molecular flexibility index (Phi) is 9.74. The molecule has 0 amide bonds. The molecule has 124 valence electrons. The van der Waals surface area contributed by atoms with Gasteiger partial charge in [-0.15, -0.1) is 12.8 Å². The van der Waals surface area contributed by atoms with E-state index in [-0.39, 0.29) is 0 Å². The van der Waals surface area contributed by atoms with Crippen LogP contribution in [-0.4, -0.2) is 13.1 Å². The van der Waals surface area contributed by atoms with Gasteiger partial charge in [0, 0.05) is 29.9 Å². The normalized spacial score (nSPS) is 10.1. The highest BCUT2D eigenvalue weighted by Crippen LogP contribution is 2.21. The van der Waals surface area contributed by atoms with Gasteiger partial charge in [-0.2, -0.15) is 0 Å². The Labute approximate surface area is 143 Å². The zero-order chi connectivity index (χ0) is 16.9. The minimum atomic E-state index is 0.877. The van der Waals surface area contributed by atoms with E-state index in [4.69, 9.17) is 12.8 Å². The molecule has 0 saturated carbocycles. The maximum atomic E-state index is 5.58. The molecular weight excluding hydrogens is 278 g/mol. The first-order chi connectivity index (χ1) is 11.2. The van der Waals surface area contributed by atoms with E-state index < -0.39 is 0 Å². The summed E-state index contributed by atoms with van der Waals surface area (Å²) in [6.07, 6.45) is 21.4. The summed E-state index contributed by atoms with van der Waals surface area (Å²) in [6, 6.07) is 6.11. The van der Waals surface area contributed by atoms with Crippen molar-refractivity contribution < 1.29 is 0 Å². The van der Waals surface area contributed by atoms with Gasteiger partial charge in [0.15, 0.2) is 0 Å². The van der Waals surface area contributed by atoms with Gasteiger partial charge in [-0.25, -0.2) is 0 Å². The average Bonchev–Trinajstić information content (AvgIpc) is 2.59. The number of anilines is 1. The largest absolute Gasteiger partial charge is 0.371 e. The third kappa shape index (κ3) is 7.30. The van der Waals surface area contributed by atoms with Gasteiger partial charge < -0.3 is 4.90 Å². The average molecular weight is 309 g/mol. The molecule has 0 aliphatic carbocycles. The lowest BCUT2D eigenvalue weighted by atomic mass is 10.1. The van der Waals surface area contributed by atoms with Crippen molar-refractivity contribution in [2.24, 2.45) is 0 Å². The van der Waals surface area contributed by atoms with E-state index in [0.717, 1.165) is 24.2 Å².